The molecule has 2 heterocycles. The number of para-hydroxylation sites is 1. The van der Waals surface area contributed by atoms with Crippen LogP contribution in [0.3, 0.4) is 0 Å². The van der Waals surface area contributed by atoms with Crippen molar-refractivity contribution in [3.8, 4) is 11.3 Å². The minimum Gasteiger partial charge on any atom is -0.369 e. The number of anilines is 3. The summed E-state index contributed by atoms with van der Waals surface area (Å²) < 4.78 is 13.7. The highest BCUT2D eigenvalue weighted by Crippen LogP contribution is 2.30. The monoisotopic (exact) mass is 486 g/mol. The molecule has 36 heavy (non-hydrogen) atoms. The molecule has 1 fully saturated rings. The summed E-state index contributed by atoms with van der Waals surface area (Å²) in [4.78, 5) is 29.2. The van der Waals surface area contributed by atoms with Crippen molar-refractivity contribution in [3.63, 3.8) is 0 Å². The molecule has 9 heteroatoms. The Labute approximate surface area is 208 Å². The van der Waals surface area contributed by atoms with Crippen LogP contribution >= 0.6 is 0 Å². The Morgan fingerprint density at radius 2 is 1.67 bits per heavy atom. The standard InChI is InChI=1S/C27H27FN6O2/c1-33-12-14-34(15-13-33)20-9-6-18(7-10-20)27-21-11-8-19(16-24(21)31-32-27)29-25(35)17-26(36)30-23-5-3-2-4-22(23)28/h2-11,16H,12-15,17H2,1H3,(H,29,35)(H,30,36)(H,31,32). The number of fused-ring (bicyclic) bond motifs is 1. The molecule has 2 amide bonds. The number of nitrogens with zero attached hydrogens (tertiary/aromatic N) is 3. The Balaban J connectivity index is 1.23. The number of carbonyl (C=O) groups is 2. The molecule has 0 atom stereocenters. The highest BCUT2D eigenvalue weighted by Gasteiger charge is 2.16. The number of benzene rings is 3. The van der Waals surface area contributed by atoms with Gasteiger partial charge in [0.1, 0.15) is 12.2 Å². The van der Waals surface area contributed by atoms with Crippen LogP contribution in [-0.2, 0) is 9.59 Å². The quantitative estimate of drug-likeness (QED) is 0.357. The average molecular weight is 487 g/mol. The first-order valence-electron chi connectivity index (χ1n) is 11.8. The molecule has 1 aliphatic rings. The van der Waals surface area contributed by atoms with Gasteiger partial charge < -0.3 is 20.4 Å². The molecule has 184 valence electrons. The molecule has 1 aliphatic heterocycles. The van der Waals surface area contributed by atoms with Crippen molar-refractivity contribution >= 4 is 39.8 Å². The van der Waals surface area contributed by atoms with Gasteiger partial charge in [0.15, 0.2) is 0 Å². The third kappa shape index (κ3) is 5.21. The van der Waals surface area contributed by atoms with Gasteiger partial charge >= 0.3 is 0 Å². The first-order chi connectivity index (χ1) is 17.5. The second-order valence-corrected chi connectivity index (χ2v) is 8.92. The van der Waals surface area contributed by atoms with E-state index in [0.717, 1.165) is 48.3 Å². The average Bonchev–Trinajstić information content (AvgIpc) is 3.29. The first-order valence-corrected chi connectivity index (χ1v) is 11.8. The number of likely N-dealkylation sites (N-methyl/N-ethyl adjacent to an activating group) is 1. The number of nitrogens with one attached hydrogen (secondary N) is 3. The van der Waals surface area contributed by atoms with Crippen molar-refractivity contribution in [1.29, 1.82) is 0 Å². The maximum Gasteiger partial charge on any atom is 0.233 e. The zero-order valence-electron chi connectivity index (χ0n) is 19.9. The smallest absolute Gasteiger partial charge is 0.233 e. The van der Waals surface area contributed by atoms with Gasteiger partial charge in [0.25, 0.3) is 0 Å². The number of rotatable bonds is 6. The number of amides is 2. The molecule has 0 unspecified atom stereocenters. The second-order valence-electron chi connectivity index (χ2n) is 8.92. The minimum atomic E-state index is -0.595. The molecular weight excluding hydrogens is 459 g/mol. The lowest BCUT2D eigenvalue weighted by molar-refractivity contribution is -0.123. The summed E-state index contributed by atoms with van der Waals surface area (Å²) >= 11 is 0. The third-order valence-electron chi connectivity index (χ3n) is 6.32. The summed E-state index contributed by atoms with van der Waals surface area (Å²) in [5, 5.41) is 13.6. The number of hydrogen-bond acceptors (Lipinski definition) is 5. The van der Waals surface area contributed by atoms with Crippen LogP contribution in [0.5, 0.6) is 0 Å². The minimum absolute atomic E-state index is 0.0401. The van der Waals surface area contributed by atoms with Gasteiger partial charge in [0.2, 0.25) is 11.8 Å². The van der Waals surface area contributed by atoms with Crippen LogP contribution in [0.25, 0.3) is 22.2 Å². The fourth-order valence-corrected chi connectivity index (χ4v) is 4.32. The fourth-order valence-electron chi connectivity index (χ4n) is 4.32. The fraction of sp³-hybridized carbons (Fsp3) is 0.222. The van der Waals surface area contributed by atoms with Crippen molar-refractivity contribution in [2.24, 2.45) is 0 Å². The Morgan fingerprint density at radius 1 is 0.944 bits per heavy atom. The molecule has 0 radical (unpaired) electrons. The number of aromatic nitrogens is 2. The Hall–Kier alpha value is -4.24. The number of halogens is 1. The van der Waals surface area contributed by atoms with E-state index in [1.807, 2.05) is 6.07 Å². The van der Waals surface area contributed by atoms with E-state index in [4.69, 9.17) is 0 Å². The van der Waals surface area contributed by atoms with E-state index in [1.54, 1.807) is 18.2 Å². The Kier molecular flexibility index (Phi) is 6.64. The zero-order valence-corrected chi connectivity index (χ0v) is 19.9. The lowest BCUT2D eigenvalue weighted by Crippen LogP contribution is -2.44. The van der Waals surface area contributed by atoms with E-state index in [9.17, 15) is 14.0 Å². The van der Waals surface area contributed by atoms with Crippen LogP contribution in [0, 0.1) is 5.82 Å². The van der Waals surface area contributed by atoms with E-state index in [0.29, 0.717) is 5.69 Å². The summed E-state index contributed by atoms with van der Waals surface area (Å²) in [6, 6.07) is 19.7. The van der Waals surface area contributed by atoms with Crippen LogP contribution in [0.1, 0.15) is 6.42 Å². The van der Waals surface area contributed by atoms with Gasteiger partial charge in [-0.15, -0.1) is 0 Å². The maximum absolute atomic E-state index is 13.7. The predicted octanol–water partition coefficient (Wildman–Crippen LogP) is 4.09. The molecule has 0 bridgehead atoms. The second kappa shape index (κ2) is 10.2. The zero-order chi connectivity index (χ0) is 25.1. The molecular formula is C27H27FN6O2. The normalized spacial score (nSPS) is 14.1. The molecule has 5 rings (SSSR count). The van der Waals surface area contributed by atoms with E-state index in [-0.39, 0.29) is 5.69 Å². The van der Waals surface area contributed by atoms with Crippen molar-refractivity contribution < 1.29 is 14.0 Å². The first kappa shape index (κ1) is 23.5. The summed E-state index contributed by atoms with van der Waals surface area (Å²) in [6.07, 6.45) is -0.430. The molecule has 4 aromatic rings. The molecule has 1 aromatic heterocycles. The van der Waals surface area contributed by atoms with Crippen molar-refractivity contribution in [1.82, 2.24) is 15.1 Å². The largest absolute Gasteiger partial charge is 0.369 e. The lowest BCUT2D eigenvalue weighted by Gasteiger charge is -2.34. The van der Waals surface area contributed by atoms with E-state index >= 15 is 0 Å². The van der Waals surface area contributed by atoms with Gasteiger partial charge in [0, 0.05) is 48.5 Å². The molecule has 0 saturated carbocycles. The van der Waals surface area contributed by atoms with E-state index in [2.05, 4.69) is 61.9 Å². The summed E-state index contributed by atoms with van der Waals surface area (Å²) in [6.45, 7) is 4.14. The van der Waals surface area contributed by atoms with Crippen LogP contribution in [0.4, 0.5) is 21.5 Å². The van der Waals surface area contributed by atoms with Crippen molar-refractivity contribution in [3.05, 3.63) is 72.5 Å². The van der Waals surface area contributed by atoms with Gasteiger partial charge in [-0.3, -0.25) is 14.7 Å². The number of piperazine rings is 1. The summed E-state index contributed by atoms with van der Waals surface area (Å²) in [7, 11) is 2.14. The van der Waals surface area contributed by atoms with Crippen molar-refractivity contribution in [2.75, 3.05) is 48.8 Å². The maximum atomic E-state index is 13.7. The van der Waals surface area contributed by atoms with Gasteiger partial charge in [0.05, 0.1) is 16.9 Å². The van der Waals surface area contributed by atoms with Gasteiger partial charge in [-0.1, -0.05) is 24.3 Å². The highest BCUT2D eigenvalue weighted by molar-refractivity contribution is 6.08. The van der Waals surface area contributed by atoms with Crippen LogP contribution in [0.15, 0.2) is 66.7 Å². The van der Waals surface area contributed by atoms with Gasteiger partial charge in [-0.05, 0) is 49.5 Å². The molecule has 0 spiro atoms. The molecule has 3 aromatic carbocycles. The molecule has 3 N–H and O–H groups in total. The highest BCUT2D eigenvalue weighted by atomic mass is 19.1. The molecule has 0 aliphatic carbocycles. The number of hydrogen-bond donors (Lipinski definition) is 3. The van der Waals surface area contributed by atoms with E-state index in [1.165, 1.54) is 23.9 Å². The molecule has 1 saturated heterocycles. The molecule has 8 nitrogen and oxygen atoms in total. The van der Waals surface area contributed by atoms with E-state index < -0.39 is 24.1 Å². The van der Waals surface area contributed by atoms with Crippen LogP contribution < -0.4 is 15.5 Å². The van der Waals surface area contributed by atoms with Crippen molar-refractivity contribution in [2.45, 2.75) is 6.42 Å². The number of aromatic amines is 1. The number of carbonyl (C=O) groups excluding carboxylic acids is 2. The lowest BCUT2D eigenvalue weighted by atomic mass is 10.1. The predicted molar refractivity (Wildman–Crippen MR) is 140 cm³/mol. The Bertz CT molecular complexity index is 1390. The topological polar surface area (TPSA) is 93.4 Å². The Morgan fingerprint density at radius 3 is 2.42 bits per heavy atom. The number of H-pyrrole nitrogens is 1. The van der Waals surface area contributed by atoms with Crippen LogP contribution in [0.2, 0.25) is 0 Å². The third-order valence-corrected chi connectivity index (χ3v) is 6.32. The van der Waals surface area contributed by atoms with Gasteiger partial charge in [-0.25, -0.2) is 4.39 Å². The summed E-state index contributed by atoms with van der Waals surface area (Å²) in [5.74, 6) is -1.65. The SMILES string of the molecule is CN1CCN(c2ccc(-c3n[nH]c4cc(NC(=O)CC(=O)Nc5ccccc5F)ccc34)cc2)CC1. The van der Waals surface area contributed by atoms with Crippen LogP contribution in [-0.4, -0.2) is 60.1 Å². The summed E-state index contributed by atoms with van der Waals surface area (Å²) in [5.41, 5.74) is 4.38. The van der Waals surface area contributed by atoms with Gasteiger partial charge in [-0.2, -0.15) is 5.10 Å².